The van der Waals surface area contributed by atoms with Crippen molar-refractivity contribution in [1.82, 2.24) is 4.90 Å². The van der Waals surface area contributed by atoms with Crippen LogP contribution in [0.1, 0.15) is 39.2 Å². The van der Waals surface area contributed by atoms with E-state index in [-0.39, 0.29) is 24.4 Å². The Morgan fingerprint density at radius 1 is 1.32 bits per heavy atom. The number of anilines is 1. The summed E-state index contributed by atoms with van der Waals surface area (Å²) in [6, 6.07) is 7.19. The van der Waals surface area contributed by atoms with Crippen molar-refractivity contribution in [2.75, 3.05) is 24.5 Å². The fraction of sp³-hybridized carbons (Fsp3) is 0.619. The smallest absolute Gasteiger partial charge is 0.306 e. The monoisotopic (exact) mass is 391 g/mol. The number of amides is 1. The van der Waals surface area contributed by atoms with Crippen molar-refractivity contribution in [2.45, 2.75) is 58.2 Å². The lowest BCUT2D eigenvalue weighted by molar-refractivity contribution is -0.143. The van der Waals surface area contributed by atoms with E-state index in [0.717, 1.165) is 11.3 Å². The topological polar surface area (TPSA) is 107 Å². The van der Waals surface area contributed by atoms with Crippen LogP contribution in [-0.4, -0.2) is 64.3 Å². The third-order valence-electron chi connectivity index (χ3n) is 5.73. The normalized spacial score (nSPS) is 20.6. The Hall–Kier alpha value is -1.96. The van der Waals surface area contributed by atoms with Crippen LogP contribution in [0.25, 0.3) is 0 Å². The highest BCUT2D eigenvalue weighted by atomic mass is 16.4. The van der Waals surface area contributed by atoms with E-state index in [0.29, 0.717) is 19.5 Å². The van der Waals surface area contributed by atoms with Gasteiger partial charge in [-0.05, 0) is 45.2 Å². The van der Waals surface area contributed by atoms with E-state index < -0.39 is 24.0 Å². The molecule has 4 N–H and O–H groups in total. The van der Waals surface area contributed by atoms with Gasteiger partial charge in [-0.3, -0.25) is 14.5 Å². The summed E-state index contributed by atoms with van der Waals surface area (Å²) >= 11 is 0. The van der Waals surface area contributed by atoms with Crippen molar-refractivity contribution in [3.05, 3.63) is 29.8 Å². The van der Waals surface area contributed by atoms with Gasteiger partial charge in [0.25, 0.3) is 0 Å². The minimum atomic E-state index is -0.929. The van der Waals surface area contributed by atoms with Crippen LogP contribution in [0.5, 0.6) is 0 Å². The molecule has 1 aliphatic heterocycles. The summed E-state index contributed by atoms with van der Waals surface area (Å²) in [5, 5.41) is 19.6. The second-order valence-electron chi connectivity index (χ2n) is 8.37. The number of carboxylic acids is 1. The predicted molar refractivity (Wildman–Crippen MR) is 109 cm³/mol. The van der Waals surface area contributed by atoms with Crippen molar-refractivity contribution < 1.29 is 19.8 Å². The van der Waals surface area contributed by atoms with Crippen molar-refractivity contribution in [3.8, 4) is 0 Å². The van der Waals surface area contributed by atoms with Gasteiger partial charge in [-0.2, -0.15) is 0 Å². The maximum absolute atomic E-state index is 12.8. The van der Waals surface area contributed by atoms with Gasteiger partial charge in [0.05, 0.1) is 18.6 Å². The summed E-state index contributed by atoms with van der Waals surface area (Å²) in [7, 11) is 0. The molecule has 1 saturated heterocycles. The number of rotatable bonds is 8. The molecule has 156 valence electrons. The molecular weight excluding hydrogens is 358 g/mol. The van der Waals surface area contributed by atoms with Gasteiger partial charge in [0.2, 0.25) is 5.91 Å². The van der Waals surface area contributed by atoms with E-state index >= 15 is 0 Å². The number of nitrogens with zero attached hydrogens (tertiary/aromatic N) is 2. The molecule has 1 heterocycles. The number of aliphatic hydroxyl groups is 1. The second kappa shape index (κ2) is 9.03. The molecule has 1 aromatic carbocycles. The average molecular weight is 392 g/mol. The van der Waals surface area contributed by atoms with E-state index in [9.17, 15) is 19.8 Å². The molecular formula is C21H33N3O4. The molecule has 0 aliphatic carbocycles. The molecule has 0 aromatic heterocycles. The van der Waals surface area contributed by atoms with Crippen LogP contribution in [0.3, 0.4) is 0 Å². The summed E-state index contributed by atoms with van der Waals surface area (Å²) < 4.78 is 0. The Morgan fingerprint density at radius 3 is 2.54 bits per heavy atom. The van der Waals surface area contributed by atoms with Crippen molar-refractivity contribution in [1.29, 1.82) is 0 Å². The van der Waals surface area contributed by atoms with Gasteiger partial charge in [0.1, 0.15) is 0 Å². The molecule has 0 spiro atoms. The first-order valence-corrected chi connectivity index (χ1v) is 9.84. The molecule has 0 radical (unpaired) electrons. The van der Waals surface area contributed by atoms with Crippen molar-refractivity contribution >= 4 is 17.6 Å². The molecule has 3 atom stereocenters. The zero-order valence-corrected chi connectivity index (χ0v) is 17.3. The van der Waals surface area contributed by atoms with Gasteiger partial charge in [0, 0.05) is 30.4 Å². The number of nitrogens with two attached hydrogens (primary N) is 1. The minimum absolute atomic E-state index is 0.00714. The Balaban J connectivity index is 2.06. The SMILES string of the molecule is CC[C@H](C[C@H](O)[C@@H](N)CN1CC(=O)N(c2ccccc2C)CC1(C)C)C(=O)O. The lowest BCUT2D eigenvalue weighted by Crippen LogP contribution is -2.64. The molecule has 28 heavy (non-hydrogen) atoms. The largest absolute Gasteiger partial charge is 0.481 e. The standard InChI is InChI=1S/C21H33N3O4/c1-5-15(20(27)28)10-18(25)16(22)11-23-12-19(26)24(13-21(23,3)4)17-9-7-6-8-14(17)2/h6-9,15-16,18,25H,5,10-13,22H2,1-4H3,(H,27,28)/t15-,16+,18+/m1/s1. The molecule has 1 aliphatic rings. The van der Waals surface area contributed by atoms with E-state index in [4.69, 9.17) is 5.73 Å². The highest BCUT2D eigenvalue weighted by molar-refractivity contribution is 5.96. The predicted octanol–water partition coefficient (Wildman–Crippen LogP) is 1.61. The third kappa shape index (κ3) is 5.10. The Bertz CT molecular complexity index is 707. The molecule has 1 aromatic rings. The van der Waals surface area contributed by atoms with Gasteiger partial charge in [-0.1, -0.05) is 25.1 Å². The van der Waals surface area contributed by atoms with Crippen LogP contribution in [-0.2, 0) is 9.59 Å². The van der Waals surface area contributed by atoms with Crippen LogP contribution in [0, 0.1) is 12.8 Å². The number of aliphatic hydroxyl groups excluding tert-OH is 1. The first kappa shape index (κ1) is 22.3. The van der Waals surface area contributed by atoms with E-state index in [1.165, 1.54) is 0 Å². The summed E-state index contributed by atoms with van der Waals surface area (Å²) in [6.45, 7) is 8.93. The van der Waals surface area contributed by atoms with Crippen LogP contribution in [0.15, 0.2) is 24.3 Å². The van der Waals surface area contributed by atoms with Gasteiger partial charge in [-0.15, -0.1) is 0 Å². The number of carbonyl (C=O) groups is 2. The van der Waals surface area contributed by atoms with E-state index in [1.54, 1.807) is 6.92 Å². The fourth-order valence-electron chi connectivity index (χ4n) is 3.72. The van der Waals surface area contributed by atoms with Gasteiger partial charge < -0.3 is 20.8 Å². The highest BCUT2D eigenvalue weighted by Gasteiger charge is 2.40. The van der Waals surface area contributed by atoms with Crippen molar-refractivity contribution in [3.63, 3.8) is 0 Å². The molecule has 0 unspecified atom stereocenters. The quantitative estimate of drug-likeness (QED) is 0.621. The molecule has 1 amide bonds. The number of hydrogen-bond acceptors (Lipinski definition) is 5. The number of aryl methyl sites for hydroxylation is 1. The average Bonchev–Trinajstić information content (AvgIpc) is 2.62. The number of hydrogen-bond donors (Lipinski definition) is 3. The lowest BCUT2D eigenvalue weighted by atomic mass is 9.92. The number of aliphatic carboxylic acids is 1. The molecule has 1 fully saturated rings. The third-order valence-corrected chi connectivity index (χ3v) is 5.73. The summed E-state index contributed by atoms with van der Waals surface area (Å²) in [6.07, 6.45) is -0.371. The Morgan fingerprint density at radius 2 is 1.96 bits per heavy atom. The first-order valence-electron chi connectivity index (χ1n) is 9.84. The molecule has 7 nitrogen and oxygen atoms in total. The zero-order chi connectivity index (χ0) is 21.1. The van der Waals surface area contributed by atoms with Gasteiger partial charge in [0.15, 0.2) is 0 Å². The maximum atomic E-state index is 12.8. The molecule has 7 heteroatoms. The Kier molecular flexibility index (Phi) is 7.20. The van der Waals surface area contributed by atoms with Crippen LogP contribution >= 0.6 is 0 Å². The lowest BCUT2D eigenvalue weighted by Gasteiger charge is -2.48. The zero-order valence-electron chi connectivity index (χ0n) is 17.3. The van der Waals surface area contributed by atoms with Crippen LogP contribution in [0.2, 0.25) is 0 Å². The number of carbonyl (C=O) groups excluding carboxylic acids is 1. The van der Waals surface area contributed by atoms with E-state index in [1.807, 2.05) is 41.0 Å². The van der Waals surface area contributed by atoms with E-state index in [2.05, 4.69) is 13.8 Å². The number of carboxylic acid groups (broad SMARTS) is 1. The Labute approximate surface area is 167 Å². The van der Waals surface area contributed by atoms with Gasteiger partial charge >= 0.3 is 5.97 Å². The van der Waals surface area contributed by atoms with Crippen LogP contribution in [0.4, 0.5) is 5.69 Å². The van der Waals surface area contributed by atoms with Crippen molar-refractivity contribution in [2.24, 2.45) is 11.7 Å². The second-order valence-corrected chi connectivity index (χ2v) is 8.37. The van der Waals surface area contributed by atoms with Gasteiger partial charge in [-0.25, -0.2) is 0 Å². The highest BCUT2D eigenvalue weighted by Crippen LogP contribution is 2.29. The minimum Gasteiger partial charge on any atom is -0.481 e. The summed E-state index contributed by atoms with van der Waals surface area (Å²) in [4.78, 5) is 27.8. The molecule has 0 bridgehead atoms. The first-order chi connectivity index (χ1) is 13.1. The fourth-order valence-corrected chi connectivity index (χ4v) is 3.72. The van der Waals surface area contributed by atoms with Crippen LogP contribution < -0.4 is 10.6 Å². The number of benzene rings is 1. The summed E-state index contributed by atoms with van der Waals surface area (Å²) in [5.41, 5.74) is 7.81. The molecule has 2 rings (SSSR count). The summed E-state index contributed by atoms with van der Waals surface area (Å²) in [5.74, 6) is -1.54. The number of para-hydroxylation sites is 1. The number of piperazine rings is 1. The maximum Gasteiger partial charge on any atom is 0.306 e. The molecule has 0 saturated carbocycles.